The molecule has 1 aromatic rings. The molecule has 0 spiro atoms. The summed E-state index contributed by atoms with van der Waals surface area (Å²) in [6.45, 7) is 1.35. The van der Waals surface area contributed by atoms with E-state index in [0.717, 1.165) is 23.6 Å². The Morgan fingerprint density at radius 2 is 1.73 bits per heavy atom. The van der Waals surface area contributed by atoms with E-state index in [1.54, 1.807) is 16.7 Å². The molecular weight excluding hydrogens is 389 g/mol. The molecule has 2 saturated heterocycles. The van der Waals surface area contributed by atoms with Crippen LogP contribution < -0.4 is 4.74 Å². The van der Waals surface area contributed by atoms with E-state index in [9.17, 15) is 22.8 Å². The van der Waals surface area contributed by atoms with Crippen LogP contribution in [0.25, 0.3) is 0 Å². The van der Waals surface area contributed by atoms with E-state index in [2.05, 4.69) is 4.74 Å². The van der Waals surface area contributed by atoms with Crippen molar-refractivity contribution in [1.82, 2.24) is 9.80 Å². The average Bonchev–Trinajstić information content (AvgIpc) is 3.10. The summed E-state index contributed by atoms with van der Waals surface area (Å²) in [5, 5.41) is 0. The van der Waals surface area contributed by atoms with Crippen molar-refractivity contribution < 1.29 is 27.5 Å². The van der Waals surface area contributed by atoms with Gasteiger partial charge in [0.1, 0.15) is 11.8 Å². The minimum absolute atomic E-state index is 0.0549. The molecule has 0 unspecified atom stereocenters. The number of hydrogen-bond donors (Lipinski definition) is 0. The molecule has 2 aliphatic rings. The Kier molecular flexibility index (Phi) is 5.91. The summed E-state index contributed by atoms with van der Waals surface area (Å²) in [6, 6.07) is 4.24. The predicted octanol–water partition coefficient (Wildman–Crippen LogP) is 2.68. The third-order valence-corrected chi connectivity index (χ3v) is 6.04. The van der Waals surface area contributed by atoms with Crippen molar-refractivity contribution in [2.45, 2.75) is 12.4 Å². The van der Waals surface area contributed by atoms with Gasteiger partial charge in [-0.2, -0.15) is 11.8 Å². The average molecular weight is 406 g/mol. The molecule has 5 nitrogen and oxygen atoms in total. The van der Waals surface area contributed by atoms with E-state index >= 15 is 0 Å². The molecule has 0 aliphatic carbocycles. The Bertz CT molecular complexity index is 664. The Hall–Kier alpha value is -1.55. The van der Waals surface area contributed by atoms with E-state index in [0.29, 0.717) is 24.7 Å². The first-order valence-corrected chi connectivity index (χ1v) is 10.3. The van der Waals surface area contributed by atoms with Crippen LogP contribution in [0.3, 0.4) is 0 Å². The number of benzene rings is 1. The zero-order valence-corrected chi connectivity index (χ0v) is 15.3. The molecule has 0 saturated carbocycles. The highest BCUT2D eigenvalue weighted by Crippen LogP contribution is 2.27. The van der Waals surface area contributed by atoms with Crippen LogP contribution in [0.2, 0.25) is 0 Å². The van der Waals surface area contributed by atoms with E-state index in [4.69, 9.17) is 0 Å². The molecule has 0 N–H and O–H groups in total. The summed E-state index contributed by atoms with van der Waals surface area (Å²) in [7, 11) is 0. The molecule has 0 radical (unpaired) electrons. The number of nitrogens with zero attached hydrogens (tertiary/aromatic N) is 2. The highest BCUT2D eigenvalue weighted by molar-refractivity contribution is 7.99. The minimum atomic E-state index is -4.78. The fourth-order valence-electron chi connectivity index (χ4n) is 2.81. The maximum Gasteiger partial charge on any atom is 0.573 e. The van der Waals surface area contributed by atoms with Crippen LogP contribution >= 0.6 is 23.5 Å². The summed E-state index contributed by atoms with van der Waals surface area (Å²) >= 11 is 3.29. The van der Waals surface area contributed by atoms with Gasteiger partial charge in [0.2, 0.25) is 5.91 Å². The van der Waals surface area contributed by atoms with Crippen LogP contribution in [-0.4, -0.2) is 70.2 Å². The van der Waals surface area contributed by atoms with Crippen molar-refractivity contribution >= 4 is 35.3 Å². The van der Waals surface area contributed by atoms with Crippen molar-refractivity contribution in [1.29, 1.82) is 0 Å². The van der Waals surface area contributed by atoms with Crippen molar-refractivity contribution in [3.8, 4) is 5.75 Å². The van der Waals surface area contributed by atoms with Crippen molar-refractivity contribution in [2.24, 2.45) is 0 Å². The molecule has 0 bridgehead atoms. The largest absolute Gasteiger partial charge is 0.573 e. The SMILES string of the molecule is O=C([C@@H]1CSCN1C(=O)c1ccc(OC(F)(F)F)cc1)N1CCSCC1. The van der Waals surface area contributed by atoms with E-state index < -0.39 is 12.4 Å². The molecule has 2 amide bonds. The van der Waals surface area contributed by atoms with Crippen LogP contribution in [0.15, 0.2) is 24.3 Å². The maximum atomic E-state index is 12.7. The lowest BCUT2D eigenvalue weighted by molar-refractivity contribution is -0.274. The molecule has 1 aromatic carbocycles. The van der Waals surface area contributed by atoms with Gasteiger partial charge in [0.15, 0.2) is 0 Å². The zero-order chi connectivity index (χ0) is 18.7. The Balaban J connectivity index is 1.68. The summed E-state index contributed by atoms with van der Waals surface area (Å²) in [5.41, 5.74) is 0.231. The topological polar surface area (TPSA) is 49.9 Å². The number of carbonyl (C=O) groups is 2. The van der Waals surface area contributed by atoms with Crippen molar-refractivity contribution in [2.75, 3.05) is 36.2 Å². The summed E-state index contributed by atoms with van der Waals surface area (Å²) in [5.74, 6) is 1.89. The number of ether oxygens (including phenoxy) is 1. The molecule has 2 fully saturated rings. The number of rotatable bonds is 3. The second-order valence-electron chi connectivity index (χ2n) is 5.80. The van der Waals surface area contributed by atoms with Gasteiger partial charge in [-0.05, 0) is 24.3 Å². The number of halogens is 3. The third kappa shape index (κ3) is 4.59. The summed E-state index contributed by atoms with van der Waals surface area (Å²) < 4.78 is 40.5. The fraction of sp³-hybridized carbons (Fsp3) is 0.500. The lowest BCUT2D eigenvalue weighted by Gasteiger charge is -2.32. The maximum absolute atomic E-state index is 12.7. The third-order valence-electron chi connectivity index (χ3n) is 4.09. The van der Waals surface area contributed by atoms with Gasteiger partial charge in [0.25, 0.3) is 5.91 Å². The van der Waals surface area contributed by atoms with Gasteiger partial charge < -0.3 is 14.5 Å². The van der Waals surface area contributed by atoms with Gasteiger partial charge in [-0.1, -0.05) is 0 Å². The molecule has 1 atom stereocenters. The molecule has 0 aromatic heterocycles. The molecule has 2 aliphatic heterocycles. The second-order valence-corrected chi connectivity index (χ2v) is 8.02. The Morgan fingerprint density at radius 3 is 2.35 bits per heavy atom. The van der Waals surface area contributed by atoms with Gasteiger partial charge in [0.05, 0.1) is 5.88 Å². The standard InChI is InChI=1S/C16H17F3N2O3S2/c17-16(18,19)24-12-3-1-11(2-4-12)14(22)21-10-26-9-13(21)15(23)20-5-7-25-8-6-20/h1-4,13H,5-10H2/t13-/m0/s1. The van der Waals surface area contributed by atoms with Crippen LogP contribution in [0.5, 0.6) is 5.75 Å². The first kappa shape index (κ1) is 19.2. The van der Waals surface area contributed by atoms with Gasteiger partial charge in [-0.3, -0.25) is 9.59 Å². The second kappa shape index (κ2) is 7.99. The number of amides is 2. The first-order valence-electron chi connectivity index (χ1n) is 7.96. The number of thioether (sulfide) groups is 2. The Morgan fingerprint density at radius 1 is 1.08 bits per heavy atom. The lowest BCUT2D eigenvalue weighted by Crippen LogP contribution is -2.51. The van der Waals surface area contributed by atoms with Crippen LogP contribution in [0, 0.1) is 0 Å². The Labute approximate surface area is 157 Å². The summed E-state index contributed by atoms with van der Waals surface area (Å²) in [4.78, 5) is 28.7. The van der Waals surface area contributed by atoms with Crippen molar-refractivity contribution in [3.63, 3.8) is 0 Å². The normalized spacial score (nSPS) is 21.0. The molecule has 26 heavy (non-hydrogen) atoms. The molecule has 3 rings (SSSR count). The van der Waals surface area contributed by atoms with E-state index in [1.165, 1.54) is 28.8 Å². The number of alkyl halides is 3. The van der Waals surface area contributed by atoms with E-state index in [-0.39, 0.29) is 23.1 Å². The number of hydrogen-bond acceptors (Lipinski definition) is 5. The van der Waals surface area contributed by atoms with Crippen molar-refractivity contribution in [3.05, 3.63) is 29.8 Å². The molecule has 2 heterocycles. The lowest BCUT2D eigenvalue weighted by atomic mass is 10.1. The monoisotopic (exact) mass is 406 g/mol. The minimum Gasteiger partial charge on any atom is -0.406 e. The van der Waals surface area contributed by atoms with Crippen LogP contribution in [0.4, 0.5) is 13.2 Å². The number of carbonyl (C=O) groups excluding carboxylic acids is 2. The molecule has 142 valence electrons. The van der Waals surface area contributed by atoms with Gasteiger partial charge in [-0.15, -0.1) is 24.9 Å². The van der Waals surface area contributed by atoms with Gasteiger partial charge in [-0.25, -0.2) is 0 Å². The quantitative estimate of drug-likeness (QED) is 0.773. The molecular formula is C16H17F3N2O3S2. The van der Waals surface area contributed by atoms with Gasteiger partial charge in [0, 0.05) is 35.9 Å². The highest BCUT2D eigenvalue weighted by atomic mass is 32.2. The van der Waals surface area contributed by atoms with Gasteiger partial charge >= 0.3 is 6.36 Å². The highest BCUT2D eigenvalue weighted by Gasteiger charge is 2.38. The van der Waals surface area contributed by atoms with E-state index in [1.807, 2.05) is 0 Å². The zero-order valence-electron chi connectivity index (χ0n) is 13.7. The molecule has 10 heteroatoms. The smallest absolute Gasteiger partial charge is 0.406 e. The summed E-state index contributed by atoms with van der Waals surface area (Å²) in [6.07, 6.45) is -4.78. The first-order chi connectivity index (χ1) is 12.3. The van der Waals surface area contributed by atoms with Crippen LogP contribution in [-0.2, 0) is 4.79 Å². The van der Waals surface area contributed by atoms with Crippen LogP contribution in [0.1, 0.15) is 10.4 Å². The predicted molar refractivity (Wildman–Crippen MR) is 94.3 cm³/mol. The fourth-order valence-corrected chi connectivity index (χ4v) is 4.86.